The minimum Gasteiger partial charge on any atom is -0.391 e. The number of nitrogens with zero attached hydrogens (tertiary/aromatic N) is 1. The fourth-order valence-corrected chi connectivity index (χ4v) is 9.96. The van der Waals surface area contributed by atoms with Crippen molar-refractivity contribution in [2.75, 3.05) is 0 Å². The largest absolute Gasteiger partial charge is 0.416 e. The van der Waals surface area contributed by atoms with E-state index < -0.39 is 11.7 Å². The SMILES string of the molecule is CC[C@H]1OC(O[C@H]2CC[C@@]3(C)C(=CCC4C3CC[C@@]3(C)C4CC[C@@H]3/C(C)=N/OCc3ccc(C(F)(F)F)cc3)C2)C=C[C@@H]1C. The first-order valence-electron chi connectivity index (χ1n) is 16.9. The van der Waals surface area contributed by atoms with Crippen molar-refractivity contribution < 1.29 is 27.5 Å². The van der Waals surface area contributed by atoms with Crippen molar-refractivity contribution in [3.63, 3.8) is 0 Å². The molecule has 7 heteroatoms. The van der Waals surface area contributed by atoms with Crippen molar-refractivity contribution in [1.29, 1.82) is 0 Å². The summed E-state index contributed by atoms with van der Waals surface area (Å²) >= 11 is 0. The van der Waals surface area contributed by atoms with Gasteiger partial charge in [0.1, 0.15) is 6.61 Å². The molecule has 0 aromatic heterocycles. The number of alkyl halides is 3. The second-order valence-electron chi connectivity index (χ2n) is 14.8. The molecule has 0 N–H and O–H groups in total. The Kier molecular flexibility index (Phi) is 8.86. The van der Waals surface area contributed by atoms with E-state index in [1.54, 1.807) is 5.57 Å². The quantitative estimate of drug-likeness (QED) is 0.175. The first-order chi connectivity index (χ1) is 20.9. The van der Waals surface area contributed by atoms with E-state index in [9.17, 15) is 13.2 Å². The van der Waals surface area contributed by atoms with Gasteiger partial charge in [-0.1, -0.05) is 62.7 Å². The summed E-state index contributed by atoms with van der Waals surface area (Å²) < 4.78 is 51.5. The molecule has 4 unspecified atom stereocenters. The van der Waals surface area contributed by atoms with Crippen molar-refractivity contribution in [1.82, 2.24) is 0 Å². The summed E-state index contributed by atoms with van der Waals surface area (Å²) in [6.45, 7) is 11.7. The number of halogens is 3. The Morgan fingerprint density at radius 2 is 1.80 bits per heavy atom. The van der Waals surface area contributed by atoms with Crippen molar-refractivity contribution in [2.45, 2.75) is 124 Å². The molecule has 6 rings (SSSR count). The summed E-state index contributed by atoms with van der Waals surface area (Å²) in [5.74, 6) is 2.90. The van der Waals surface area contributed by atoms with Gasteiger partial charge in [0.15, 0.2) is 6.29 Å². The number of benzene rings is 1. The van der Waals surface area contributed by atoms with E-state index in [0.717, 1.165) is 49.9 Å². The summed E-state index contributed by atoms with van der Waals surface area (Å²) in [5.41, 5.74) is 3.13. The molecular formula is C37H50F3NO3. The number of rotatable bonds is 7. The van der Waals surface area contributed by atoms with E-state index in [-0.39, 0.29) is 35.9 Å². The minimum absolute atomic E-state index is 0.172. The van der Waals surface area contributed by atoms with Crippen LogP contribution in [0.25, 0.3) is 0 Å². The van der Waals surface area contributed by atoms with Gasteiger partial charge in [-0.25, -0.2) is 0 Å². The van der Waals surface area contributed by atoms with E-state index in [1.807, 2.05) is 0 Å². The van der Waals surface area contributed by atoms with Gasteiger partial charge in [-0.2, -0.15) is 13.2 Å². The van der Waals surface area contributed by atoms with Crippen LogP contribution in [0.3, 0.4) is 0 Å². The highest BCUT2D eigenvalue weighted by atomic mass is 19.4. The molecule has 3 fully saturated rings. The van der Waals surface area contributed by atoms with E-state index >= 15 is 0 Å². The normalized spacial score (nSPS) is 40.5. The van der Waals surface area contributed by atoms with Gasteiger partial charge in [-0.15, -0.1) is 0 Å². The summed E-state index contributed by atoms with van der Waals surface area (Å²) in [5, 5.41) is 4.52. The maximum absolute atomic E-state index is 12.9. The third kappa shape index (κ3) is 5.92. The van der Waals surface area contributed by atoms with Crippen LogP contribution < -0.4 is 0 Å². The molecule has 1 aliphatic heterocycles. The number of ether oxygens (including phenoxy) is 2. The molecule has 1 aromatic rings. The smallest absolute Gasteiger partial charge is 0.391 e. The van der Waals surface area contributed by atoms with E-state index in [2.05, 4.69) is 58.0 Å². The lowest BCUT2D eigenvalue weighted by atomic mass is 9.47. The average molecular weight is 614 g/mol. The Morgan fingerprint density at radius 1 is 1.02 bits per heavy atom. The summed E-state index contributed by atoms with van der Waals surface area (Å²) in [7, 11) is 0. The van der Waals surface area contributed by atoms with Gasteiger partial charge in [0.05, 0.1) is 23.5 Å². The molecule has 0 radical (unpaired) electrons. The summed E-state index contributed by atoms with van der Waals surface area (Å²) in [6.07, 6.45) is 13.1. The summed E-state index contributed by atoms with van der Waals surface area (Å²) in [6, 6.07) is 5.14. The predicted octanol–water partition coefficient (Wildman–Crippen LogP) is 9.89. The molecule has 1 heterocycles. The van der Waals surface area contributed by atoms with Gasteiger partial charge >= 0.3 is 6.18 Å². The molecule has 3 saturated carbocycles. The molecule has 10 atom stereocenters. The molecular weight excluding hydrogens is 563 g/mol. The first-order valence-corrected chi connectivity index (χ1v) is 16.9. The van der Waals surface area contributed by atoms with E-state index in [4.69, 9.17) is 14.3 Å². The third-order valence-electron chi connectivity index (χ3n) is 12.5. The van der Waals surface area contributed by atoms with Crippen molar-refractivity contribution in [3.05, 3.63) is 59.2 Å². The van der Waals surface area contributed by atoms with Gasteiger partial charge in [0.2, 0.25) is 0 Å². The molecule has 1 aromatic carbocycles. The molecule has 0 bridgehead atoms. The fourth-order valence-electron chi connectivity index (χ4n) is 9.96. The highest BCUT2D eigenvalue weighted by molar-refractivity contribution is 5.85. The zero-order chi connectivity index (χ0) is 31.3. The molecule has 5 aliphatic rings. The number of hydrogen-bond donors (Lipinski definition) is 0. The Bertz CT molecular complexity index is 1270. The van der Waals surface area contributed by atoms with Crippen LogP contribution in [-0.2, 0) is 27.1 Å². The van der Waals surface area contributed by atoms with Crippen molar-refractivity contribution in [2.24, 2.45) is 45.6 Å². The maximum atomic E-state index is 12.9. The fraction of sp³-hybridized carbons (Fsp3) is 0.703. The molecule has 242 valence electrons. The van der Waals surface area contributed by atoms with Crippen LogP contribution in [0.4, 0.5) is 13.2 Å². The second-order valence-corrected chi connectivity index (χ2v) is 14.8. The van der Waals surface area contributed by atoms with Gasteiger partial charge in [-0.3, -0.25) is 0 Å². The molecule has 4 aliphatic carbocycles. The van der Waals surface area contributed by atoms with Crippen LogP contribution >= 0.6 is 0 Å². The van der Waals surface area contributed by atoms with Crippen LogP contribution in [0.1, 0.15) is 104 Å². The molecule has 0 spiro atoms. The van der Waals surface area contributed by atoms with Crippen molar-refractivity contribution >= 4 is 5.71 Å². The molecule has 0 amide bonds. The van der Waals surface area contributed by atoms with Crippen LogP contribution in [0.15, 0.2) is 53.2 Å². The Balaban J connectivity index is 1.08. The number of allylic oxidation sites excluding steroid dienone is 1. The Labute approximate surface area is 261 Å². The predicted molar refractivity (Wildman–Crippen MR) is 167 cm³/mol. The molecule has 44 heavy (non-hydrogen) atoms. The standard InChI is InChI=1S/C37H50F3NO3/c1-6-33-23(2)7-16-34(44-33)43-28-17-19-35(4)27(21-28)12-13-29-31-15-14-30(36(31,5)20-18-32(29)35)24(3)41-42-22-25-8-10-26(11-9-25)37(38,39)40/h7-12,16,23,28-34H,6,13-15,17-22H2,1-5H3/b41-24+/t23-,28-,29?,30+,31?,32?,33+,34?,35-,36+/m0/s1. The zero-order valence-corrected chi connectivity index (χ0v) is 27.0. The topological polar surface area (TPSA) is 40.0 Å². The Morgan fingerprint density at radius 3 is 2.52 bits per heavy atom. The average Bonchev–Trinajstić information content (AvgIpc) is 3.35. The van der Waals surface area contributed by atoms with Crippen LogP contribution in [0.5, 0.6) is 0 Å². The summed E-state index contributed by atoms with van der Waals surface area (Å²) in [4.78, 5) is 5.69. The number of fused-ring (bicyclic) bond motifs is 5. The van der Waals surface area contributed by atoms with Crippen molar-refractivity contribution in [3.8, 4) is 0 Å². The lowest BCUT2D eigenvalue weighted by Gasteiger charge is -2.58. The third-order valence-corrected chi connectivity index (χ3v) is 12.5. The number of oxime groups is 1. The highest BCUT2D eigenvalue weighted by Crippen LogP contribution is 2.66. The lowest BCUT2D eigenvalue weighted by Crippen LogP contribution is -2.51. The zero-order valence-electron chi connectivity index (χ0n) is 27.0. The van der Waals surface area contributed by atoms with E-state index in [0.29, 0.717) is 35.2 Å². The maximum Gasteiger partial charge on any atom is 0.416 e. The Hall–Kier alpha value is -2.12. The first kappa shape index (κ1) is 31.8. The van der Waals surface area contributed by atoms with Crippen LogP contribution in [0.2, 0.25) is 0 Å². The minimum atomic E-state index is -4.33. The van der Waals surface area contributed by atoms with Gasteiger partial charge in [-0.05, 0) is 117 Å². The highest BCUT2D eigenvalue weighted by Gasteiger charge is 2.59. The van der Waals surface area contributed by atoms with Gasteiger partial charge in [0, 0.05) is 11.8 Å². The van der Waals surface area contributed by atoms with Gasteiger partial charge in [0.25, 0.3) is 0 Å². The number of hydrogen-bond acceptors (Lipinski definition) is 4. The van der Waals surface area contributed by atoms with Crippen LogP contribution in [0, 0.1) is 40.4 Å². The molecule has 4 nitrogen and oxygen atoms in total. The lowest BCUT2D eigenvalue weighted by molar-refractivity contribution is -0.188. The molecule has 0 saturated heterocycles. The van der Waals surface area contributed by atoms with E-state index in [1.165, 1.54) is 37.8 Å². The van der Waals surface area contributed by atoms with Crippen LogP contribution in [-0.4, -0.2) is 24.2 Å². The second kappa shape index (κ2) is 12.2. The monoisotopic (exact) mass is 613 g/mol. The van der Waals surface area contributed by atoms with Gasteiger partial charge < -0.3 is 14.3 Å².